The molecule has 1 saturated heterocycles. The summed E-state index contributed by atoms with van der Waals surface area (Å²) in [5.74, 6) is -3.79. The predicted molar refractivity (Wildman–Crippen MR) is 111 cm³/mol. The van der Waals surface area contributed by atoms with Crippen molar-refractivity contribution in [3.63, 3.8) is 0 Å². The molecule has 0 amide bonds. The molecule has 0 aliphatic carbocycles. The van der Waals surface area contributed by atoms with E-state index in [0.717, 1.165) is 0 Å². The van der Waals surface area contributed by atoms with Gasteiger partial charge in [0.1, 0.15) is 17.7 Å². The van der Waals surface area contributed by atoms with Gasteiger partial charge in [-0.3, -0.25) is 4.79 Å². The number of carbonyl (C=O) groups is 1. The van der Waals surface area contributed by atoms with E-state index in [0.29, 0.717) is 12.0 Å². The van der Waals surface area contributed by atoms with Gasteiger partial charge in [-0.05, 0) is 41.2 Å². The van der Waals surface area contributed by atoms with Crippen LogP contribution in [-0.2, 0) is 4.79 Å². The molecule has 3 rings (SSSR count). The number of benzene rings is 2. The second-order valence-electron chi connectivity index (χ2n) is 8.71. The van der Waals surface area contributed by atoms with Gasteiger partial charge in [0, 0.05) is 22.9 Å². The largest absolute Gasteiger partial charge is 0.480 e. The van der Waals surface area contributed by atoms with E-state index in [2.05, 4.69) is 5.32 Å². The summed E-state index contributed by atoms with van der Waals surface area (Å²) in [7, 11) is 0. The van der Waals surface area contributed by atoms with Crippen LogP contribution < -0.4 is 5.32 Å². The van der Waals surface area contributed by atoms with E-state index in [-0.39, 0.29) is 27.1 Å². The van der Waals surface area contributed by atoms with Gasteiger partial charge in [-0.25, -0.2) is 8.78 Å². The second-order valence-corrected chi connectivity index (χ2v) is 9.56. The lowest BCUT2D eigenvalue weighted by atomic mass is 9.74. The Kier molecular flexibility index (Phi) is 6.23. The van der Waals surface area contributed by atoms with Crippen molar-refractivity contribution in [2.45, 2.75) is 51.1 Å². The molecule has 2 aromatic carbocycles. The lowest BCUT2D eigenvalue weighted by molar-refractivity contribution is -0.139. The molecule has 7 heteroatoms. The first-order valence-corrected chi connectivity index (χ1v) is 10.1. The number of rotatable bonds is 4. The first-order valence-electron chi connectivity index (χ1n) is 9.37. The fraction of sp³-hybridized carbons (Fsp3) is 0.409. The van der Waals surface area contributed by atoms with Crippen molar-refractivity contribution < 1.29 is 18.7 Å². The van der Waals surface area contributed by atoms with Crippen LogP contribution in [0.2, 0.25) is 10.0 Å². The lowest BCUT2D eigenvalue weighted by Gasteiger charge is -2.30. The summed E-state index contributed by atoms with van der Waals surface area (Å²) in [6, 6.07) is 7.35. The van der Waals surface area contributed by atoms with Gasteiger partial charge in [0.05, 0.1) is 5.02 Å². The van der Waals surface area contributed by atoms with Gasteiger partial charge in [-0.15, -0.1) is 0 Å². The molecule has 156 valence electrons. The van der Waals surface area contributed by atoms with Crippen LogP contribution in [0.5, 0.6) is 0 Å². The third-order valence-electron chi connectivity index (χ3n) is 5.33. The molecule has 2 N–H and O–H groups in total. The summed E-state index contributed by atoms with van der Waals surface area (Å²) in [5, 5.41) is 13.1. The average Bonchev–Trinajstić information content (AvgIpc) is 2.94. The SMILES string of the molecule is CC(C)(C)C[C@@H]1N[C@@H](C(=O)O)[C@H](c2cccc(Cl)c2F)[C@@H]1c1ccc(Cl)cc1F. The molecule has 1 aliphatic rings. The number of nitrogens with one attached hydrogen (secondary N) is 1. The Bertz CT molecular complexity index is 930. The Hall–Kier alpha value is -1.69. The van der Waals surface area contributed by atoms with E-state index in [9.17, 15) is 18.7 Å². The molecule has 4 atom stereocenters. The third kappa shape index (κ3) is 4.57. The van der Waals surface area contributed by atoms with Crippen LogP contribution in [0.4, 0.5) is 8.78 Å². The summed E-state index contributed by atoms with van der Waals surface area (Å²) in [6.07, 6.45) is 0.572. The summed E-state index contributed by atoms with van der Waals surface area (Å²) in [6.45, 7) is 6.06. The van der Waals surface area contributed by atoms with E-state index < -0.39 is 35.5 Å². The Labute approximate surface area is 179 Å². The van der Waals surface area contributed by atoms with Crippen molar-refractivity contribution in [2.24, 2.45) is 5.41 Å². The van der Waals surface area contributed by atoms with Crippen molar-refractivity contribution >= 4 is 29.2 Å². The van der Waals surface area contributed by atoms with Gasteiger partial charge in [-0.2, -0.15) is 0 Å². The molecule has 0 unspecified atom stereocenters. The van der Waals surface area contributed by atoms with Gasteiger partial charge in [0.15, 0.2) is 0 Å². The zero-order chi connectivity index (χ0) is 21.5. The van der Waals surface area contributed by atoms with Gasteiger partial charge in [0.25, 0.3) is 0 Å². The fourth-order valence-corrected chi connectivity index (χ4v) is 4.64. The van der Waals surface area contributed by atoms with Crippen LogP contribution in [0.3, 0.4) is 0 Å². The minimum absolute atomic E-state index is 0.0961. The topological polar surface area (TPSA) is 49.3 Å². The van der Waals surface area contributed by atoms with Crippen molar-refractivity contribution in [1.82, 2.24) is 5.32 Å². The van der Waals surface area contributed by atoms with Crippen LogP contribution >= 0.6 is 23.2 Å². The maximum Gasteiger partial charge on any atom is 0.321 e. The molecule has 0 spiro atoms. The molecule has 0 radical (unpaired) electrons. The zero-order valence-electron chi connectivity index (χ0n) is 16.3. The molecule has 29 heavy (non-hydrogen) atoms. The first kappa shape index (κ1) is 22.0. The summed E-state index contributed by atoms with van der Waals surface area (Å²) in [4.78, 5) is 12.1. The Morgan fingerprint density at radius 3 is 2.38 bits per heavy atom. The Balaban J connectivity index is 2.21. The van der Waals surface area contributed by atoms with E-state index in [1.54, 1.807) is 18.2 Å². The minimum Gasteiger partial charge on any atom is -0.480 e. The van der Waals surface area contributed by atoms with Crippen LogP contribution in [0.1, 0.15) is 50.2 Å². The Morgan fingerprint density at radius 2 is 1.79 bits per heavy atom. The summed E-state index contributed by atoms with van der Waals surface area (Å²) in [5.41, 5.74) is 0.307. The molecule has 0 bridgehead atoms. The van der Waals surface area contributed by atoms with Crippen molar-refractivity contribution in [2.75, 3.05) is 0 Å². The van der Waals surface area contributed by atoms with Gasteiger partial charge < -0.3 is 10.4 Å². The van der Waals surface area contributed by atoms with Crippen molar-refractivity contribution in [3.8, 4) is 0 Å². The van der Waals surface area contributed by atoms with Gasteiger partial charge in [-0.1, -0.05) is 62.2 Å². The normalized spacial score (nSPS) is 24.7. The third-order valence-corrected chi connectivity index (χ3v) is 5.86. The molecule has 1 heterocycles. The molecular formula is C22H23Cl2F2NO2. The van der Waals surface area contributed by atoms with Crippen LogP contribution in [-0.4, -0.2) is 23.2 Å². The highest BCUT2D eigenvalue weighted by Gasteiger charge is 2.50. The summed E-state index contributed by atoms with van der Waals surface area (Å²) < 4.78 is 29.9. The van der Waals surface area contributed by atoms with Crippen LogP contribution in [0.25, 0.3) is 0 Å². The van der Waals surface area contributed by atoms with Gasteiger partial charge in [0.2, 0.25) is 0 Å². The number of hydrogen-bond acceptors (Lipinski definition) is 2. The van der Waals surface area contributed by atoms with Crippen molar-refractivity contribution in [3.05, 3.63) is 69.2 Å². The molecule has 1 aliphatic heterocycles. The van der Waals surface area contributed by atoms with E-state index >= 15 is 0 Å². The number of carboxylic acids is 1. The highest BCUT2D eigenvalue weighted by atomic mass is 35.5. The maximum atomic E-state index is 14.9. The van der Waals surface area contributed by atoms with E-state index in [1.165, 1.54) is 18.2 Å². The molecular weight excluding hydrogens is 419 g/mol. The molecule has 3 nitrogen and oxygen atoms in total. The number of halogens is 4. The average molecular weight is 442 g/mol. The lowest BCUT2D eigenvalue weighted by Crippen LogP contribution is -2.39. The minimum atomic E-state index is -1.12. The van der Waals surface area contributed by atoms with E-state index in [1.807, 2.05) is 20.8 Å². The molecule has 2 aromatic rings. The predicted octanol–water partition coefficient (Wildman–Crippen LogP) is 6.00. The number of carboxylic acid groups (broad SMARTS) is 1. The maximum absolute atomic E-state index is 14.9. The molecule has 0 aromatic heterocycles. The standard InChI is InChI=1S/C22H23Cl2F2NO2/c1-22(2,3)10-16-17(12-8-7-11(23)9-15(12)25)18(20(27-16)21(28)29)13-5-4-6-14(24)19(13)26/h4-9,16-18,20,27H,10H2,1-3H3,(H,28,29)/t16-,17+,18+,20+/m0/s1. The quantitative estimate of drug-likeness (QED) is 0.611. The second kappa shape index (κ2) is 8.21. The smallest absolute Gasteiger partial charge is 0.321 e. The summed E-state index contributed by atoms with van der Waals surface area (Å²) >= 11 is 11.9. The monoisotopic (exact) mass is 441 g/mol. The first-order chi connectivity index (χ1) is 13.5. The van der Waals surface area contributed by atoms with Gasteiger partial charge >= 0.3 is 5.97 Å². The molecule has 0 saturated carbocycles. The number of aliphatic carboxylic acids is 1. The number of hydrogen-bond donors (Lipinski definition) is 2. The molecule has 1 fully saturated rings. The van der Waals surface area contributed by atoms with Crippen LogP contribution in [0, 0.1) is 17.0 Å². The fourth-order valence-electron chi connectivity index (χ4n) is 4.30. The van der Waals surface area contributed by atoms with E-state index in [4.69, 9.17) is 23.2 Å². The van der Waals surface area contributed by atoms with Crippen LogP contribution in [0.15, 0.2) is 36.4 Å². The Morgan fingerprint density at radius 1 is 1.10 bits per heavy atom. The highest BCUT2D eigenvalue weighted by Crippen LogP contribution is 2.48. The zero-order valence-corrected chi connectivity index (χ0v) is 17.9. The van der Waals surface area contributed by atoms with Crippen molar-refractivity contribution in [1.29, 1.82) is 0 Å². The highest BCUT2D eigenvalue weighted by molar-refractivity contribution is 6.31.